The zero-order valence-electron chi connectivity index (χ0n) is 10.4. The fourth-order valence-electron chi connectivity index (χ4n) is 2.23. The van der Waals surface area contributed by atoms with Crippen LogP contribution in [0.15, 0.2) is 12.1 Å². The molecule has 2 rings (SSSR count). The number of rotatable bonds is 4. The van der Waals surface area contributed by atoms with Crippen molar-refractivity contribution in [3.8, 4) is 0 Å². The molecule has 0 fully saturated rings. The third-order valence-electron chi connectivity index (χ3n) is 3.30. The second kappa shape index (κ2) is 5.33. The second-order valence-electron chi connectivity index (χ2n) is 4.85. The lowest BCUT2D eigenvalue weighted by molar-refractivity contribution is 0.666. The van der Waals surface area contributed by atoms with Gasteiger partial charge in [-0.2, -0.15) is 0 Å². The highest BCUT2D eigenvalue weighted by molar-refractivity contribution is 5.48. The number of nitrogens with one attached hydrogen (secondary N) is 1. The van der Waals surface area contributed by atoms with E-state index >= 15 is 0 Å². The van der Waals surface area contributed by atoms with Crippen LogP contribution in [0.4, 0.5) is 5.82 Å². The Kier molecular flexibility index (Phi) is 3.81. The van der Waals surface area contributed by atoms with Gasteiger partial charge in [0.1, 0.15) is 5.82 Å². The monoisotopic (exact) mass is 218 g/mol. The number of anilines is 1. The van der Waals surface area contributed by atoms with Crippen molar-refractivity contribution in [3.63, 3.8) is 0 Å². The van der Waals surface area contributed by atoms with E-state index in [1.54, 1.807) is 0 Å². The molecule has 0 saturated carbocycles. The largest absolute Gasteiger partial charge is 0.367 e. The SMILES string of the molecule is CCCCCc1ccc2c(n1)NC(C)CC2. The van der Waals surface area contributed by atoms with Crippen LogP contribution in [0.2, 0.25) is 0 Å². The molecule has 1 aliphatic rings. The first kappa shape index (κ1) is 11.4. The number of hydrogen-bond donors (Lipinski definition) is 1. The van der Waals surface area contributed by atoms with Crippen LogP contribution in [0.25, 0.3) is 0 Å². The summed E-state index contributed by atoms with van der Waals surface area (Å²) in [6, 6.07) is 5.03. The number of fused-ring (bicyclic) bond motifs is 1. The molecule has 0 saturated heterocycles. The van der Waals surface area contributed by atoms with Crippen molar-refractivity contribution >= 4 is 5.82 Å². The standard InChI is InChI=1S/C14H22N2/c1-3-4-5-6-13-10-9-12-8-7-11(2)15-14(12)16-13/h9-11H,3-8H2,1-2H3,(H,15,16). The lowest BCUT2D eigenvalue weighted by Crippen LogP contribution is -2.23. The Hall–Kier alpha value is -1.05. The highest BCUT2D eigenvalue weighted by Crippen LogP contribution is 2.23. The molecule has 0 aromatic carbocycles. The van der Waals surface area contributed by atoms with Gasteiger partial charge < -0.3 is 5.32 Å². The molecule has 2 heterocycles. The van der Waals surface area contributed by atoms with Crippen LogP contribution in [0.3, 0.4) is 0 Å². The molecule has 1 aromatic rings. The molecule has 0 aliphatic carbocycles. The van der Waals surface area contributed by atoms with Crippen LogP contribution in [0.5, 0.6) is 0 Å². The number of hydrogen-bond acceptors (Lipinski definition) is 2. The minimum Gasteiger partial charge on any atom is -0.367 e. The number of aromatic nitrogens is 1. The molecule has 0 amide bonds. The molecule has 2 heteroatoms. The van der Waals surface area contributed by atoms with E-state index in [2.05, 4.69) is 31.3 Å². The third-order valence-corrected chi connectivity index (χ3v) is 3.30. The van der Waals surface area contributed by atoms with Gasteiger partial charge in [0.05, 0.1) is 0 Å². The molecule has 1 unspecified atom stereocenters. The number of pyridine rings is 1. The number of unbranched alkanes of at least 4 members (excludes halogenated alkanes) is 2. The summed E-state index contributed by atoms with van der Waals surface area (Å²) >= 11 is 0. The predicted octanol–water partition coefficient (Wildman–Crippen LogP) is 3.56. The Morgan fingerprint density at radius 1 is 1.38 bits per heavy atom. The van der Waals surface area contributed by atoms with Crippen molar-refractivity contribution in [1.82, 2.24) is 4.98 Å². The average molecular weight is 218 g/mol. The molecule has 2 nitrogen and oxygen atoms in total. The van der Waals surface area contributed by atoms with Gasteiger partial charge >= 0.3 is 0 Å². The fourth-order valence-corrected chi connectivity index (χ4v) is 2.23. The van der Waals surface area contributed by atoms with Crippen LogP contribution in [-0.2, 0) is 12.8 Å². The first-order chi connectivity index (χ1) is 7.79. The molecule has 0 bridgehead atoms. The van der Waals surface area contributed by atoms with Crippen LogP contribution < -0.4 is 5.32 Å². The summed E-state index contributed by atoms with van der Waals surface area (Å²) in [5, 5.41) is 3.48. The number of nitrogens with zero attached hydrogens (tertiary/aromatic N) is 1. The maximum Gasteiger partial charge on any atom is 0.129 e. The minimum absolute atomic E-state index is 0.575. The molecular formula is C14H22N2. The van der Waals surface area contributed by atoms with Crippen molar-refractivity contribution in [3.05, 3.63) is 23.4 Å². The molecule has 1 aromatic heterocycles. The van der Waals surface area contributed by atoms with E-state index in [-0.39, 0.29) is 0 Å². The normalized spacial score (nSPS) is 19.0. The molecule has 88 valence electrons. The molecule has 1 atom stereocenters. The van der Waals surface area contributed by atoms with Crippen LogP contribution in [0.1, 0.15) is 50.8 Å². The van der Waals surface area contributed by atoms with Crippen molar-refractivity contribution in [2.75, 3.05) is 5.32 Å². The Labute approximate surface area is 98.5 Å². The Bertz CT molecular complexity index is 347. The highest BCUT2D eigenvalue weighted by Gasteiger charge is 2.15. The van der Waals surface area contributed by atoms with Crippen LogP contribution in [0, 0.1) is 0 Å². The van der Waals surface area contributed by atoms with E-state index in [4.69, 9.17) is 4.98 Å². The van der Waals surface area contributed by atoms with Gasteiger partial charge in [-0.3, -0.25) is 0 Å². The first-order valence-electron chi connectivity index (χ1n) is 6.55. The quantitative estimate of drug-likeness (QED) is 0.782. The van der Waals surface area contributed by atoms with Crippen molar-refractivity contribution in [2.45, 2.75) is 58.4 Å². The Morgan fingerprint density at radius 2 is 2.25 bits per heavy atom. The van der Waals surface area contributed by atoms with E-state index in [1.165, 1.54) is 43.4 Å². The van der Waals surface area contributed by atoms with E-state index in [0.29, 0.717) is 6.04 Å². The summed E-state index contributed by atoms with van der Waals surface area (Å²) in [6.07, 6.45) is 7.37. The smallest absolute Gasteiger partial charge is 0.129 e. The minimum atomic E-state index is 0.575. The van der Waals surface area contributed by atoms with E-state index < -0.39 is 0 Å². The maximum absolute atomic E-state index is 4.72. The van der Waals surface area contributed by atoms with Gasteiger partial charge in [0.15, 0.2) is 0 Å². The van der Waals surface area contributed by atoms with Gasteiger partial charge in [-0.1, -0.05) is 25.8 Å². The summed E-state index contributed by atoms with van der Waals surface area (Å²) in [4.78, 5) is 4.72. The lowest BCUT2D eigenvalue weighted by Gasteiger charge is -2.23. The second-order valence-corrected chi connectivity index (χ2v) is 4.85. The predicted molar refractivity (Wildman–Crippen MR) is 68.9 cm³/mol. The molecular weight excluding hydrogens is 196 g/mol. The molecule has 1 aliphatic heterocycles. The first-order valence-corrected chi connectivity index (χ1v) is 6.55. The van der Waals surface area contributed by atoms with Crippen molar-refractivity contribution < 1.29 is 0 Å². The molecule has 1 N–H and O–H groups in total. The van der Waals surface area contributed by atoms with E-state index in [1.807, 2.05) is 0 Å². The average Bonchev–Trinajstić information content (AvgIpc) is 2.29. The lowest BCUT2D eigenvalue weighted by atomic mass is 10.0. The van der Waals surface area contributed by atoms with Crippen LogP contribution >= 0.6 is 0 Å². The Balaban J connectivity index is 2.03. The zero-order chi connectivity index (χ0) is 11.4. The summed E-state index contributed by atoms with van der Waals surface area (Å²) in [5.74, 6) is 1.13. The van der Waals surface area contributed by atoms with E-state index in [0.717, 1.165) is 12.2 Å². The van der Waals surface area contributed by atoms with Gasteiger partial charge in [-0.15, -0.1) is 0 Å². The zero-order valence-corrected chi connectivity index (χ0v) is 10.4. The molecule has 0 spiro atoms. The van der Waals surface area contributed by atoms with Crippen molar-refractivity contribution in [2.24, 2.45) is 0 Å². The van der Waals surface area contributed by atoms with Gasteiger partial charge in [0.2, 0.25) is 0 Å². The number of aryl methyl sites for hydroxylation is 2. The summed E-state index contributed by atoms with van der Waals surface area (Å²) in [7, 11) is 0. The van der Waals surface area contributed by atoms with Crippen LogP contribution in [-0.4, -0.2) is 11.0 Å². The van der Waals surface area contributed by atoms with Crippen molar-refractivity contribution in [1.29, 1.82) is 0 Å². The summed E-state index contributed by atoms with van der Waals surface area (Å²) in [5.41, 5.74) is 2.63. The highest BCUT2D eigenvalue weighted by atomic mass is 15.0. The topological polar surface area (TPSA) is 24.9 Å². The summed E-state index contributed by atoms with van der Waals surface area (Å²) in [6.45, 7) is 4.47. The van der Waals surface area contributed by atoms with Gasteiger partial charge in [-0.05, 0) is 44.2 Å². The van der Waals surface area contributed by atoms with Gasteiger partial charge in [0.25, 0.3) is 0 Å². The third kappa shape index (κ3) is 2.75. The Morgan fingerprint density at radius 3 is 3.06 bits per heavy atom. The fraction of sp³-hybridized carbons (Fsp3) is 0.643. The van der Waals surface area contributed by atoms with Gasteiger partial charge in [-0.25, -0.2) is 4.98 Å². The van der Waals surface area contributed by atoms with E-state index in [9.17, 15) is 0 Å². The summed E-state index contributed by atoms with van der Waals surface area (Å²) < 4.78 is 0. The molecule has 16 heavy (non-hydrogen) atoms. The maximum atomic E-state index is 4.72. The molecule has 0 radical (unpaired) electrons. The van der Waals surface area contributed by atoms with Gasteiger partial charge in [0, 0.05) is 11.7 Å².